The summed E-state index contributed by atoms with van der Waals surface area (Å²) < 4.78 is 5.61. The van der Waals surface area contributed by atoms with Gasteiger partial charge in [0.1, 0.15) is 8.07 Å². The monoisotopic (exact) mass is 393 g/mol. The first kappa shape index (κ1) is 22.2. The Labute approximate surface area is 172 Å². The van der Waals surface area contributed by atoms with Gasteiger partial charge in [-0.3, -0.25) is 0 Å². The molecular weight excluding hydrogens is 358 g/mol. The first-order chi connectivity index (χ1) is 13.1. The summed E-state index contributed by atoms with van der Waals surface area (Å²) in [6.45, 7) is 18.2. The van der Waals surface area contributed by atoms with E-state index < -0.39 is 8.07 Å². The number of nitrogens with zero attached hydrogens (tertiary/aromatic N) is 1. The van der Waals surface area contributed by atoms with Crippen LogP contribution < -0.4 is 4.74 Å². The lowest BCUT2D eigenvalue weighted by molar-refractivity contribution is 0.397. The van der Waals surface area contributed by atoms with Crippen LogP contribution >= 0.6 is 0 Å². The van der Waals surface area contributed by atoms with E-state index in [4.69, 9.17) is 9.72 Å². The molecular formula is C25H35NOSi. The van der Waals surface area contributed by atoms with Crippen molar-refractivity contribution < 1.29 is 4.74 Å². The van der Waals surface area contributed by atoms with Crippen LogP contribution in [-0.2, 0) is 0 Å². The SMILES string of the molecule is COc1nc(-c2ccc(C)c(C)c2)ccc1C#C[Si](C(C)C)(C(C)C)C(C)C. The summed E-state index contributed by atoms with van der Waals surface area (Å²) in [7, 11) is -0.106. The molecule has 1 heterocycles. The Morgan fingerprint density at radius 2 is 1.46 bits per heavy atom. The van der Waals surface area contributed by atoms with E-state index in [1.807, 2.05) is 0 Å². The van der Waals surface area contributed by atoms with Crippen molar-refractivity contribution in [2.24, 2.45) is 0 Å². The number of hydrogen-bond acceptors (Lipinski definition) is 2. The van der Waals surface area contributed by atoms with Crippen LogP contribution in [0.25, 0.3) is 11.3 Å². The molecule has 2 rings (SSSR count). The average Bonchev–Trinajstić information content (AvgIpc) is 2.63. The maximum Gasteiger partial charge on any atom is 0.229 e. The highest BCUT2D eigenvalue weighted by Gasteiger charge is 2.41. The zero-order chi connectivity index (χ0) is 21.1. The van der Waals surface area contributed by atoms with Crippen LogP contribution in [0.3, 0.4) is 0 Å². The van der Waals surface area contributed by atoms with Gasteiger partial charge in [-0.15, -0.1) is 5.54 Å². The minimum atomic E-state index is -1.78. The second-order valence-corrected chi connectivity index (χ2v) is 14.3. The second-order valence-electron chi connectivity index (χ2n) is 8.70. The lowest BCUT2D eigenvalue weighted by Gasteiger charge is -2.38. The van der Waals surface area contributed by atoms with Crippen LogP contribution in [0.15, 0.2) is 30.3 Å². The molecule has 0 unspecified atom stereocenters. The molecule has 0 radical (unpaired) electrons. The van der Waals surface area contributed by atoms with Gasteiger partial charge in [-0.2, -0.15) is 0 Å². The van der Waals surface area contributed by atoms with E-state index in [1.54, 1.807) is 7.11 Å². The third kappa shape index (κ3) is 4.33. The summed E-state index contributed by atoms with van der Waals surface area (Å²) in [6.07, 6.45) is 0. The molecule has 0 aliphatic heterocycles. The molecule has 0 saturated heterocycles. The number of hydrogen-bond donors (Lipinski definition) is 0. The molecule has 0 fully saturated rings. The van der Waals surface area contributed by atoms with Gasteiger partial charge in [0.15, 0.2) is 0 Å². The molecule has 0 bridgehead atoms. The van der Waals surface area contributed by atoms with Crippen LogP contribution in [0.1, 0.15) is 58.2 Å². The van der Waals surface area contributed by atoms with Gasteiger partial charge < -0.3 is 4.74 Å². The van der Waals surface area contributed by atoms with Crippen molar-refractivity contribution in [2.75, 3.05) is 7.11 Å². The van der Waals surface area contributed by atoms with Crippen LogP contribution in [0.5, 0.6) is 5.88 Å². The van der Waals surface area contributed by atoms with Gasteiger partial charge in [0.25, 0.3) is 0 Å². The Morgan fingerprint density at radius 3 is 1.96 bits per heavy atom. The van der Waals surface area contributed by atoms with Crippen molar-refractivity contribution >= 4 is 8.07 Å². The van der Waals surface area contributed by atoms with Crippen LogP contribution in [0.2, 0.25) is 16.6 Å². The predicted molar refractivity (Wildman–Crippen MR) is 124 cm³/mol. The number of methoxy groups -OCH3 is 1. The van der Waals surface area contributed by atoms with Crippen molar-refractivity contribution in [1.29, 1.82) is 0 Å². The molecule has 0 N–H and O–H groups in total. The van der Waals surface area contributed by atoms with Gasteiger partial charge in [0, 0.05) is 5.56 Å². The van der Waals surface area contributed by atoms with Crippen molar-refractivity contribution in [2.45, 2.75) is 72.0 Å². The number of benzene rings is 1. The molecule has 2 nitrogen and oxygen atoms in total. The van der Waals surface area contributed by atoms with Gasteiger partial charge in [0.2, 0.25) is 5.88 Å². The molecule has 28 heavy (non-hydrogen) atoms. The van der Waals surface area contributed by atoms with E-state index in [9.17, 15) is 0 Å². The van der Waals surface area contributed by atoms with E-state index in [0.29, 0.717) is 22.5 Å². The van der Waals surface area contributed by atoms with Crippen LogP contribution in [-0.4, -0.2) is 20.2 Å². The fourth-order valence-electron chi connectivity index (χ4n) is 4.36. The lowest BCUT2D eigenvalue weighted by atomic mass is 10.0. The van der Waals surface area contributed by atoms with Crippen molar-refractivity contribution in [3.05, 3.63) is 47.0 Å². The number of rotatable bonds is 5. The van der Waals surface area contributed by atoms with Crippen molar-refractivity contribution in [3.63, 3.8) is 0 Å². The largest absolute Gasteiger partial charge is 0.480 e. The minimum absolute atomic E-state index is 0.605. The molecule has 1 aromatic heterocycles. The summed E-state index contributed by atoms with van der Waals surface area (Å²) in [4.78, 5) is 4.76. The molecule has 0 aliphatic carbocycles. The van der Waals surface area contributed by atoms with E-state index in [2.05, 4.69) is 97.2 Å². The Hall–Kier alpha value is -2.05. The smallest absolute Gasteiger partial charge is 0.229 e. The average molecular weight is 394 g/mol. The topological polar surface area (TPSA) is 22.1 Å². The molecule has 2 aromatic rings. The summed E-state index contributed by atoms with van der Waals surface area (Å²) >= 11 is 0. The highest BCUT2D eigenvalue weighted by molar-refractivity contribution is 6.90. The predicted octanol–water partition coefficient (Wildman–Crippen LogP) is 6.94. The zero-order valence-electron chi connectivity index (χ0n) is 19.0. The van der Waals surface area contributed by atoms with Gasteiger partial charge in [0.05, 0.1) is 18.4 Å². The quantitative estimate of drug-likeness (QED) is 0.405. The van der Waals surface area contributed by atoms with Crippen LogP contribution in [0.4, 0.5) is 0 Å². The minimum Gasteiger partial charge on any atom is -0.480 e. The van der Waals surface area contributed by atoms with Gasteiger partial charge in [-0.1, -0.05) is 59.6 Å². The Morgan fingerprint density at radius 1 is 0.857 bits per heavy atom. The molecule has 0 amide bonds. The first-order valence-electron chi connectivity index (χ1n) is 10.3. The maximum absolute atomic E-state index is 5.61. The Kier molecular flexibility index (Phi) is 7.12. The van der Waals surface area contributed by atoms with Crippen LogP contribution in [0, 0.1) is 25.3 Å². The Balaban J connectivity index is 2.51. The summed E-state index contributed by atoms with van der Waals surface area (Å²) in [5, 5.41) is 0. The van der Waals surface area contributed by atoms with Crippen molar-refractivity contribution in [3.8, 4) is 28.6 Å². The third-order valence-electron chi connectivity index (χ3n) is 6.14. The van der Waals surface area contributed by atoms with E-state index in [1.165, 1.54) is 11.1 Å². The summed E-state index contributed by atoms with van der Waals surface area (Å²) in [6, 6.07) is 10.5. The molecule has 0 atom stereocenters. The molecule has 150 valence electrons. The van der Waals surface area contributed by atoms with Crippen molar-refractivity contribution in [1.82, 2.24) is 4.98 Å². The number of aromatic nitrogens is 1. The summed E-state index contributed by atoms with van der Waals surface area (Å²) in [5.74, 6) is 4.09. The fourth-order valence-corrected chi connectivity index (χ4v) is 9.58. The summed E-state index contributed by atoms with van der Waals surface area (Å²) in [5.41, 5.74) is 11.1. The molecule has 1 aromatic carbocycles. The van der Waals surface area contributed by atoms with Gasteiger partial charge in [-0.25, -0.2) is 4.98 Å². The molecule has 0 aliphatic rings. The second kappa shape index (κ2) is 8.96. The number of pyridine rings is 1. The van der Waals surface area contributed by atoms with E-state index in [0.717, 1.165) is 16.8 Å². The standard InChI is InChI=1S/C25H35NOSi/c1-17(2)28(18(3)4,19(5)6)15-14-22-12-13-24(26-25(22)27-9)23-11-10-20(7)21(8)16-23/h10-13,16-19H,1-9H3. The highest BCUT2D eigenvalue weighted by Crippen LogP contribution is 2.41. The number of ether oxygens (including phenoxy) is 1. The lowest BCUT2D eigenvalue weighted by Crippen LogP contribution is -2.43. The maximum atomic E-state index is 5.61. The molecule has 0 spiro atoms. The number of aryl methyl sites for hydroxylation is 2. The molecule has 0 saturated carbocycles. The van der Waals surface area contributed by atoms with Gasteiger partial charge in [-0.05, 0) is 59.8 Å². The highest BCUT2D eigenvalue weighted by atomic mass is 28.3. The fraction of sp³-hybridized carbons (Fsp3) is 0.480. The first-order valence-corrected chi connectivity index (χ1v) is 12.5. The van der Waals surface area contributed by atoms with E-state index in [-0.39, 0.29) is 0 Å². The Bertz CT molecular complexity index is 865. The van der Waals surface area contributed by atoms with Gasteiger partial charge >= 0.3 is 0 Å². The third-order valence-corrected chi connectivity index (χ3v) is 12.4. The normalized spacial score (nSPS) is 11.7. The van der Waals surface area contributed by atoms with E-state index >= 15 is 0 Å². The molecule has 3 heteroatoms. The zero-order valence-corrected chi connectivity index (χ0v) is 20.0.